The first-order valence-corrected chi connectivity index (χ1v) is 6.26. The fourth-order valence-corrected chi connectivity index (χ4v) is 1.97. The van der Waals surface area contributed by atoms with E-state index < -0.39 is 0 Å². The van der Waals surface area contributed by atoms with Crippen molar-refractivity contribution in [1.82, 2.24) is 5.32 Å². The van der Waals surface area contributed by atoms with Gasteiger partial charge in [0.25, 0.3) is 0 Å². The smallest absolute Gasteiger partial charge is 0.0584 e. The molecule has 1 saturated carbocycles. The minimum atomic E-state index is 0.221. The van der Waals surface area contributed by atoms with Gasteiger partial charge in [-0.3, -0.25) is 0 Å². The average Bonchev–Trinajstić information content (AvgIpc) is 3.15. The second-order valence-corrected chi connectivity index (χ2v) is 4.69. The van der Waals surface area contributed by atoms with Gasteiger partial charge in [0.05, 0.1) is 6.61 Å². The molecule has 0 aromatic heterocycles. The molecule has 16 heavy (non-hydrogen) atoms. The van der Waals surface area contributed by atoms with E-state index in [-0.39, 0.29) is 12.6 Å². The zero-order chi connectivity index (χ0) is 11.4. The molecule has 0 aliphatic heterocycles. The van der Waals surface area contributed by atoms with E-state index in [0.717, 1.165) is 18.9 Å². The van der Waals surface area contributed by atoms with Crippen LogP contribution in [0, 0.1) is 0 Å². The van der Waals surface area contributed by atoms with Crippen LogP contribution in [0.2, 0.25) is 0 Å². The molecule has 0 amide bonds. The molecule has 0 saturated heterocycles. The van der Waals surface area contributed by atoms with E-state index in [1.54, 1.807) is 0 Å². The van der Waals surface area contributed by atoms with Gasteiger partial charge in [0.15, 0.2) is 0 Å². The van der Waals surface area contributed by atoms with Gasteiger partial charge < -0.3 is 10.4 Å². The summed E-state index contributed by atoms with van der Waals surface area (Å²) in [5.41, 5.74) is 2.81. The van der Waals surface area contributed by atoms with E-state index >= 15 is 0 Å². The number of aliphatic hydroxyl groups is 1. The molecule has 88 valence electrons. The minimum Gasteiger partial charge on any atom is -0.395 e. The molecule has 2 rings (SSSR count). The molecule has 0 radical (unpaired) electrons. The summed E-state index contributed by atoms with van der Waals surface area (Å²) in [4.78, 5) is 0. The van der Waals surface area contributed by atoms with Gasteiger partial charge in [-0.15, -0.1) is 0 Å². The van der Waals surface area contributed by atoms with Crippen molar-refractivity contribution in [2.45, 2.75) is 44.7 Å². The first-order valence-electron chi connectivity index (χ1n) is 6.26. The Balaban J connectivity index is 1.90. The monoisotopic (exact) mass is 219 g/mol. The van der Waals surface area contributed by atoms with E-state index in [0.29, 0.717) is 0 Å². The highest BCUT2D eigenvalue weighted by molar-refractivity contribution is 5.29. The van der Waals surface area contributed by atoms with Crippen LogP contribution < -0.4 is 5.32 Å². The van der Waals surface area contributed by atoms with Crippen molar-refractivity contribution in [3.63, 3.8) is 0 Å². The Hall–Kier alpha value is -0.860. The molecule has 2 nitrogen and oxygen atoms in total. The topological polar surface area (TPSA) is 32.3 Å². The normalized spacial score (nSPS) is 17.4. The summed E-state index contributed by atoms with van der Waals surface area (Å²) >= 11 is 0. The van der Waals surface area contributed by atoms with Crippen molar-refractivity contribution in [2.24, 2.45) is 0 Å². The second-order valence-electron chi connectivity index (χ2n) is 4.69. The Labute approximate surface area is 97.7 Å². The highest BCUT2D eigenvalue weighted by Gasteiger charge is 2.23. The van der Waals surface area contributed by atoms with Crippen LogP contribution >= 0.6 is 0 Å². The SMILES string of the molecule is CC[C@H](CO)NCc1cccc(C2CC2)c1. The van der Waals surface area contributed by atoms with Crippen molar-refractivity contribution in [3.8, 4) is 0 Å². The maximum Gasteiger partial charge on any atom is 0.0584 e. The number of benzene rings is 1. The van der Waals surface area contributed by atoms with Gasteiger partial charge in [-0.2, -0.15) is 0 Å². The quantitative estimate of drug-likeness (QED) is 0.770. The zero-order valence-electron chi connectivity index (χ0n) is 9.95. The summed E-state index contributed by atoms with van der Waals surface area (Å²) in [5, 5.41) is 12.5. The van der Waals surface area contributed by atoms with Gasteiger partial charge in [0.2, 0.25) is 0 Å². The summed E-state index contributed by atoms with van der Waals surface area (Å²) in [6.07, 6.45) is 3.68. The van der Waals surface area contributed by atoms with Gasteiger partial charge >= 0.3 is 0 Å². The van der Waals surface area contributed by atoms with Crippen molar-refractivity contribution in [1.29, 1.82) is 0 Å². The molecule has 0 unspecified atom stereocenters. The maximum atomic E-state index is 9.09. The molecule has 2 heteroatoms. The predicted octanol–water partition coefficient (Wildman–Crippen LogP) is 2.42. The van der Waals surface area contributed by atoms with Crippen LogP contribution in [0.3, 0.4) is 0 Å². The minimum absolute atomic E-state index is 0.221. The first kappa shape index (κ1) is 11.6. The third kappa shape index (κ3) is 3.06. The number of hydrogen-bond acceptors (Lipinski definition) is 2. The molecule has 1 aromatic rings. The van der Waals surface area contributed by atoms with Gasteiger partial charge in [-0.1, -0.05) is 31.2 Å². The van der Waals surface area contributed by atoms with Crippen LogP contribution in [-0.4, -0.2) is 17.8 Å². The Morgan fingerprint density at radius 3 is 2.88 bits per heavy atom. The average molecular weight is 219 g/mol. The fourth-order valence-electron chi connectivity index (χ4n) is 1.97. The van der Waals surface area contributed by atoms with Gasteiger partial charge in [-0.05, 0) is 36.3 Å². The Bertz CT molecular complexity index is 329. The summed E-state index contributed by atoms with van der Waals surface area (Å²) in [5.74, 6) is 0.819. The molecule has 1 fully saturated rings. The predicted molar refractivity (Wildman–Crippen MR) is 66.4 cm³/mol. The van der Waals surface area contributed by atoms with Crippen LogP contribution in [-0.2, 0) is 6.54 Å². The maximum absolute atomic E-state index is 9.09. The van der Waals surface area contributed by atoms with Crippen molar-refractivity contribution < 1.29 is 5.11 Å². The molecule has 1 aliphatic carbocycles. The molecule has 2 N–H and O–H groups in total. The van der Waals surface area contributed by atoms with Crippen LogP contribution in [0.5, 0.6) is 0 Å². The summed E-state index contributed by atoms with van der Waals surface area (Å²) in [6, 6.07) is 9.05. The zero-order valence-corrected chi connectivity index (χ0v) is 9.95. The summed E-state index contributed by atoms with van der Waals surface area (Å²) < 4.78 is 0. The third-order valence-electron chi connectivity index (χ3n) is 3.31. The Kier molecular flexibility index (Phi) is 3.97. The Morgan fingerprint density at radius 1 is 1.44 bits per heavy atom. The van der Waals surface area contributed by atoms with Gasteiger partial charge in [0, 0.05) is 12.6 Å². The van der Waals surface area contributed by atoms with Crippen LogP contribution in [0.25, 0.3) is 0 Å². The highest BCUT2D eigenvalue weighted by atomic mass is 16.3. The number of rotatable bonds is 6. The molecule has 1 atom stereocenters. The lowest BCUT2D eigenvalue weighted by molar-refractivity contribution is 0.238. The molecule has 0 heterocycles. The number of aliphatic hydroxyl groups excluding tert-OH is 1. The van der Waals surface area contributed by atoms with E-state index in [1.807, 2.05) is 0 Å². The van der Waals surface area contributed by atoms with Crippen LogP contribution in [0.4, 0.5) is 0 Å². The summed E-state index contributed by atoms with van der Waals surface area (Å²) in [6.45, 7) is 3.17. The van der Waals surface area contributed by atoms with E-state index in [4.69, 9.17) is 5.11 Å². The molecule has 0 spiro atoms. The Morgan fingerprint density at radius 2 is 2.25 bits per heavy atom. The van der Waals surface area contributed by atoms with Crippen LogP contribution in [0.1, 0.15) is 43.2 Å². The van der Waals surface area contributed by atoms with E-state index in [2.05, 4.69) is 36.5 Å². The van der Waals surface area contributed by atoms with Gasteiger partial charge in [0.1, 0.15) is 0 Å². The van der Waals surface area contributed by atoms with Crippen molar-refractivity contribution in [3.05, 3.63) is 35.4 Å². The molecular formula is C14H21NO. The first-order chi connectivity index (χ1) is 7.83. The number of nitrogens with one attached hydrogen (secondary N) is 1. The standard InChI is InChI=1S/C14H21NO/c1-2-14(10-16)15-9-11-4-3-5-13(8-11)12-6-7-12/h3-5,8,12,14-16H,2,6-7,9-10H2,1H3/t14-/m1/s1. The molecule has 0 bridgehead atoms. The molecule has 1 aliphatic rings. The lowest BCUT2D eigenvalue weighted by Gasteiger charge is -2.14. The fraction of sp³-hybridized carbons (Fsp3) is 0.571. The lowest BCUT2D eigenvalue weighted by Crippen LogP contribution is -2.31. The van der Waals surface area contributed by atoms with Crippen molar-refractivity contribution in [2.75, 3.05) is 6.61 Å². The third-order valence-corrected chi connectivity index (χ3v) is 3.31. The largest absolute Gasteiger partial charge is 0.395 e. The van der Waals surface area contributed by atoms with E-state index in [1.165, 1.54) is 24.0 Å². The lowest BCUT2D eigenvalue weighted by atomic mass is 10.1. The second kappa shape index (κ2) is 5.46. The van der Waals surface area contributed by atoms with Crippen LogP contribution in [0.15, 0.2) is 24.3 Å². The highest BCUT2D eigenvalue weighted by Crippen LogP contribution is 2.40. The molecular weight excluding hydrogens is 198 g/mol. The molecule has 1 aromatic carbocycles. The summed E-state index contributed by atoms with van der Waals surface area (Å²) in [7, 11) is 0. The van der Waals surface area contributed by atoms with E-state index in [9.17, 15) is 0 Å². The van der Waals surface area contributed by atoms with Gasteiger partial charge in [-0.25, -0.2) is 0 Å². The van der Waals surface area contributed by atoms with Crippen molar-refractivity contribution >= 4 is 0 Å². The number of hydrogen-bond donors (Lipinski definition) is 2.